The van der Waals surface area contributed by atoms with Crippen LogP contribution in [0.3, 0.4) is 0 Å². The van der Waals surface area contributed by atoms with E-state index in [-0.39, 0.29) is 18.2 Å². The first-order valence-electron chi connectivity index (χ1n) is 6.46. The Kier molecular flexibility index (Phi) is 5.90. The maximum Gasteiger partial charge on any atom is 0.407 e. The number of benzene rings is 1. The fourth-order valence-corrected chi connectivity index (χ4v) is 2.07. The number of rotatable bonds is 6. The van der Waals surface area contributed by atoms with Crippen LogP contribution in [0.15, 0.2) is 30.3 Å². The molecule has 1 aromatic rings. The first-order valence-corrected chi connectivity index (χ1v) is 6.46. The zero-order valence-corrected chi connectivity index (χ0v) is 11.9. The van der Waals surface area contributed by atoms with E-state index in [1.165, 1.54) is 13.8 Å². The summed E-state index contributed by atoms with van der Waals surface area (Å²) in [5.74, 6) is -1.49. The van der Waals surface area contributed by atoms with Gasteiger partial charge in [0.25, 0.3) is 0 Å². The average Bonchev–Trinajstić information content (AvgIpc) is 2.38. The summed E-state index contributed by atoms with van der Waals surface area (Å²) in [6.45, 7) is 4.59. The summed E-state index contributed by atoms with van der Waals surface area (Å²) in [5, 5.41) is 2.59. The highest BCUT2D eigenvalue weighted by atomic mass is 16.5. The summed E-state index contributed by atoms with van der Waals surface area (Å²) in [4.78, 5) is 35.1. The van der Waals surface area contributed by atoms with E-state index in [1.807, 2.05) is 6.07 Å². The highest BCUT2D eigenvalue weighted by molar-refractivity contribution is 6.01. The second-order valence-corrected chi connectivity index (χ2v) is 4.45. The molecule has 1 atom stereocenters. The molecule has 5 heteroatoms. The van der Waals surface area contributed by atoms with Crippen molar-refractivity contribution in [3.63, 3.8) is 0 Å². The monoisotopic (exact) mass is 277 g/mol. The Hall–Kier alpha value is -2.17. The number of hydrogen-bond donors (Lipinski definition) is 1. The summed E-state index contributed by atoms with van der Waals surface area (Å²) in [6, 6.07) is 8.19. The molecule has 0 aliphatic heterocycles. The van der Waals surface area contributed by atoms with Crippen LogP contribution in [0.4, 0.5) is 4.79 Å². The Labute approximate surface area is 118 Å². The number of carbonyl (C=O) groups excluding carboxylic acids is 3. The van der Waals surface area contributed by atoms with Crippen molar-refractivity contribution in [1.82, 2.24) is 5.32 Å². The van der Waals surface area contributed by atoms with Crippen LogP contribution in [0.5, 0.6) is 0 Å². The molecular formula is C15H19NO4. The van der Waals surface area contributed by atoms with E-state index >= 15 is 0 Å². The quantitative estimate of drug-likeness (QED) is 0.810. The predicted molar refractivity (Wildman–Crippen MR) is 74.2 cm³/mol. The van der Waals surface area contributed by atoms with E-state index < -0.39 is 18.1 Å². The second kappa shape index (κ2) is 7.43. The molecule has 0 bridgehead atoms. The Morgan fingerprint density at radius 2 is 1.65 bits per heavy atom. The van der Waals surface area contributed by atoms with Gasteiger partial charge in [-0.05, 0) is 26.3 Å². The van der Waals surface area contributed by atoms with Gasteiger partial charge in [0.05, 0.1) is 12.6 Å². The van der Waals surface area contributed by atoms with Crippen molar-refractivity contribution in [2.24, 2.45) is 5.92 Å². The number of ketones is 2. The largest absolute Gasteiger partial charge is 0.450 e. The van der Waals surface area contributed by atoms with Crippen LogP contribution in [0.1, 0.15) is 32.4 Å². The summed E-state index contributed by atoms with van der Waals surface area (Å²) in [5.41, 5.74) is 0.691. The molecule has 0 aliphatic rings. The highest BCUT2D eigenvalue weighted by Crippen LogP contribution is 2.24. The van der Waals surface area contributed by atoms with Gasteiger partial charge < -0.3 is 10.1 Å². The standard InChI is InChI=1S/C15H19NO4/c1-4-20-15(19)16-14(12-8-6-5-7-9-12)13(10(2)17)11(3)18/h5-9,13-14H,4H2,1-3H3,(H,16,19)/t14-/m0/s1. The van der Waals surface area contributed by atoms with Crippen LogP contribution in [0.25, 0.3) is 0 Å². The lowest BCUT2D eigenvalue weighted by atomic mass is 9.87. The third kappa shape index (κ3) is 4.19. The van der Waals surface area contributed by atoms with Crippen LogP contribution in [0.2, 0.25) is 0 Å². The summed E-state index contributed by atoms with van der Waals surface area (Å²) in [6.07, 6.45) is -0.645. The Bertz CT molecular complexity index is 470. The van der Waals surface area contributed by atoms with Gasteiger partial charge >= 0.3 is 6.09 Å². The number of alkyl carbamates (subject to hydrolysis) is 1. The predicted octanol–water partition coefficient (Wildman–Crippen LogP) is 2.27. The van der Waals surface area contributed by atoms with E-state index in [4.69, 9.17) is 4.74 Å². The molecule has 108 valence electrons. The number of Topliss-reactive ketones (excluding diaryl/α,β-unsaturated/α-hetero) is 2. The van der Waals surface area contributed by atoms with Gasteiger partial charge in [0.2, 0.25) is 0 Å². The van der Waals surface area contributed by atoms with Gasteiger partial charge in [-0.15, -0.1) is 0 Å². The smallest absolute Gasteiger partial charge is 0.407 e. The molecule has 0 unspecified atom stereocenters. The Balaban J connectivity index is 3.09. The molecule has 1 rings (SSSR count). The lowest BCUT2D eigenvalue weighted by molar-refractivity contribution is -0.131. The minimum absolute atomic E-state index is 0.220. The molecule has 0 spiro atoms. The maximum atomic E-state index is 11.7. The van der Waals surface area contributed by atoms with Gasteiger partial charge in [0.1, 0.15) is 17.5 Å². The summed E-state index contributed by atoms with van der Waals surface area (Å²) < 4.78 is 4.83. The lowest BCUT2D eigenvalue weighted by Crippen LogP contribution is -2.39. The molecule has 0 heterocycles. The minimum atomic E-state index is -0.915. The minimum Gasteiger partial charge on any atom is -0.450 e. The molecular weight excluding hydrogens is 258 g/mol. The van der Waals surface area contributed by atoms with Crippen molar-refractivity contribution in [3.8, 4) is 0 Å². The SMILES string of the molecule is CCOC(=O)N[C@@H](c1ccccc1)C(C(C)=O)C(C)=O. The van der Waals surface area contributed by atoms with Crippen LogP contribution in [-0.2, 0) is 14.3 Å². The zero-order chi connectivity index (χ0) is 15.1. The van der Waals surface area contributed by atoms with Crippen molar-refractivity contribution < 1.29 is 19.1 Å². The first-order chi connectivity index (χ1) is 9.47. The molecule has 0 saturated heterocycles. The first kappa shape index (κ1) is 15.9. The number of ether oxygens (including phenoxy) is 1. The van der Waals surface area contributed by atoms with Gasteiger partial charge in [0, 0.05) is 0 Å². The fraction of sp³-hybridized carbons (Fsp3) is 0.400. The van der Waals surface area contributed by atoms with Gasteiger partial charge in [-0.2, -0.15) is 0 Å². The molecule has 0 aromatic heterocycles. The molecule has 1 aromatic carbocycles. The molecule has 5 nitrogen and oxygen atoms in total. The molecule has 0 fully saturated rings. The van der Waals surface area contributed by atoms with E-state index in [2.05, 4.69) is 5.32 Å². The van der Waals surface area contributed by atoms with Crippen molar-refractivity contribution in [1.29, 1.82) is 0 Å². The molecule has 0 radical (unpaired) electrons. The average molecular weight is 277 g/mol. The van der Waals surface area contributed by atoms with Crippen molar-refractivity contribution in [3.05, 3.63) is 35.9 Å². The zero-order valence-electron chi connectivity index (χ0n) is 11.9. The number of carbonyl (C=O) groups is 3. The summed E-state index contributed by atoms with van der Waals surface area (Å²) in [7, 11) is 0. The van der Waals surface area contributed by atoms with E-state index in [0.717, 1.165) is 0 Å². The topological polar surface area (TPSA) is 72.5 Å². The lowest BCUT2D eigenvalue weighted by Gasteiger charge is -2.24. The molecule has 1 amide bonds. The number of nitrogens with one attached hydrogen (secondary N) is 1. The molecule has 0 aliphatic carbocycles. The van der Waals surface area contributed by atoms with Gasteiger partial charge in [-0.3, -0.25) is 9.59 Å². The number of hydrogen-bond acceptors (Lipinski definition) is 4. The Morgan fingerprint density at radius 1 is 1.10 bits per heavy atom. The second-order valence-electron chi connectivity index (χ2n) is 4.45. The third-order valence-electron chi connectivity index (χ3n) is 2.92. The van der Waals surface area contributed by atoms with Gasteiger partial charge in [-0.25, -0.2) is 4.79 Å². The van der Waals surface area contributed by atoms with E-state index in [0.29, 0.717) is 5.56 Å². The molecule has 0 saturated carbocycles. The fourth-order valence-electron chi connectivity index (χ4n) is 2.07. The van der Waals surface area contributed by atoms with Crippen molar-refractivity contribution in [2.75, 3.05) is 6.61 Å². The normalized spacial score (nSPS) is 11.8. The van der Waals surface area contributed by atoms with Crippen LogP contribution in [-0.4, -0.2) is 24.3 Å². The van der Waals surface area contributed by atoms with Crippen molar-refractivity contribution in [2.45, 2.75) is 26.8 Å². The van der Waals surface area contributed by atoms with Crippen molar-refractivity contribution >= 4 is 17.7 Å². The molecule has 20 heavy (non-hydrogen) atoms. The van der Waals surface area contributed by atoms with E-state index in [9.17, 15) is 14.4 Å². The third-order valence-corrected chi connectivity index (χ3v) is 2.92. The Morgan fingerprint density at radius 3 is 2.10 bits per heavy atom. The highest BCUT2D eigenvalue weighted by Gasteiger charge is 2.32. The maximum absolute atomic E-state index is 11.7. The van der Waals surface area contributed by atoms with Crippen LogP contribution >= 0.6 is 0 Å². The van der Waals surface area contributed by atoms with E-state index in [1.54, 1.807) is 31.2 Å². The van der Waals surface area contributed by atoms with Crippen LogP contribution in [0, 0.1) is 5.92 Å². The van der Waals surface area contributed by atoms with Gasteiger partial charge in [0.15, 0.2) is 0 Å². The van der Waals surface area contributed by atoms with Crippen LogP contribution < -0.4 is 5.32 Å². The molecule has 1 N–H and O–H groups in total. The number of amides is 1. The van der Waals surface area contributed by atoms with Gasteiger partial charge in [-0.1, -0.05) is 30.3 Å². The summed E-state index contributed by atoms with van der Waals surface area (Å²) >= 11 is 0.